The fourth-order valence-corrected chi connectivity index (χ4v) is 4.12. The second kappa shape index (κ2) is 11.6. The molecule has 1 fully saturated rings. The van der Waals surface area contributed by atoms with Gasteiger partial charge in [-0.15, -0.1) is 0 Å². The predicted octanol–water partition coefficient (Wildman–Crippen LogP) is 3.37. The van der Waals surface area contributed by atoms with E-state index in [1.165, 1.54) is 12.1 Å². The van der Waals surface area contributed by atoms with Gasteiger partial charge >= 0.3 is 7.12 Å². The van der Waals surface area contributed by atoms with E-state index in [0.717, 1.165) is 6.42 Å². The minimum atomic E-state index is -0.610. The molecule has 0 spiro atoms. The van der Waals surface area contributed by atoms with Gasteiger partial charge in [0.15, 0.2) is 0 Å². The Morgan fingerprint density at radius 1 is 1.24 bits per heavy atom. The Morgan fingerprint density at radius 3 is 2.56 bits per heavy atom. The van der Waals surface area contributed by atoms with Crippen LogP contribution in [0, 0.1) is 0 Å². The monoisotopic (exact) mass is 515 g/mol. The number of nitrogens with two attached hydrogens (primary N) is 1. The number of halogens is 2. The summed E-state index contributed by atoms with van der Waals surface area (Å²) in [6.45, 7) is 12.2. The van der Waals surface area contributed by atoms with Gasteiger partial charge in [0.05, 0.1) is 40.9 Å². The van der Waals surface area contributed by atoms with Gasteiger partial charge in [-0.2, -0.15) is 0 Å². The summed E-state index contributed by atoms with van der Waals surface area (Å²) in [4.78, 5) is 24.5. The van der Waals surface area contributed by atoms with Crippen molar-refractivity contribution in [3.8, 4) is 0 Å². The van der Waals surface area contributed by atoms with Crippen LogP contribution in [-0.4, -0.2) is 61.4 Å². The minimum Gasteiger partial charge on any atom is -0.405 e. The average Bonchev–Trinajstić information content (AvgIpc) is 2.97. The lowest BCUT2D eigenvalue weighted by Crippen LogP contribution is -2.45. The first kappa shape index (κ1) is 28.9. The normalized spacial score (nSPS) is 21.0. The molecule has 0 radical (unpaired) electrons. The Morgan fingerprint density at radius 2 is 1.91 bits per heavy atom. The number of nitrogens with one attached hydrogen (secondary N) is 2. The van der Waals surface area contributed by atoms with E-state index in [1.54, 1.807) is 6.07 Å². The van der Waals surface area contributed by atoms with Crippen molar-refractivity contribution in [3.63, 3.8) is 0 Å². The van der Waals surface area contributed by atoms with Crippen molar-refractivity contribution in [1.82, 2.24) is 10.6 Å². The molecule has 1 aromatic carbocycles. The highest BCUT2D eigenvalue weighted by Gasteiger charge is 2.48. The zero-order chi connectivity index (χ0) is 25.7. The van der Waals surface area contributed by atoms with Crippen molar-refractivity contribution in [1.29, 1.82) is 0 Å². The Hall–Kier alpha value is -1.36. The van der Waals surface area contributed by atoms with Gasteiger partial charge in [-0.05, 0) is 66.2 Å². The molecule has 190 valence electrons. The predicted molar refractivity (Wildman–Crippen MR) is 135 cm³/mol. The lowest BCUT2D eigenvalue weighted by Gasteiger charge is -2.37. The van der Waals surface area contributed by atoms with Gasteiger partial charge < -0.3 is 30.4 Å². The van der Waals surface area contributed by atoms with E-state index in [1.807, 2.05) is 41.5 Å². The number of ether oxygens (including phenoxy) is 1. The summed E-state index contributed by atoms with van der Waals surface area (Å²) in [7, 11) is -0.610. The first-order valence-corrected chi connectivity index (χ1v) is 12.1. The minimum absolute atomic E-state index is 0.148. The third kappa shape index (κ3) is 9.02. The number of hydrogen-bond donors (Lipinski definition) is 3. The van der Waals surface area contributed by atoms with Crippen molar-refractivity contribution < 1.29 is 23.6 Å². The van der Waals surface area contributed by atoms with Gasteiger partial charge in [-0.25, -0.2) is 0 Å². The van der Waals surface area contributed by atoms with Crippen LogP contribution in [0.25, 0.3) is 0 Å². The molecule has 0 bridgehead atoms. The van der Waals surface area contributed by atoms with Crippen molar-refractivity contribution in [2.75, 3.05) is 19.6 Å². The fraction of sp³-hybridized carbons (Fsp3) is 0.652. The van der Waals surface area contributed by atoms with E-state index in [-0.39, 0.29) is 41.1 Å². The highest BCUT2D eigenvalue weighted by atomic mass is 35.5. The molecule has 2 unspecified atom stereocenters. The van der Waals surface area contributed by atoms with Gasteiger partial charge in [0.25, 0.3) is 5.91 Å². The topological polar surface area (TPSA) is 112 Å². The van der Waals surface area contributed by atoms with Crippen LogP contribution < -0.4 is 16.4 Å². The molecule has 1 aromatic rings. The second-order valence-corrected chi connectivity index (χ2v) is 11.1. The molecular formula is C23H36BCl2N3O5. The first-order chi connectivity index (χ1) is 15.6. The SMILES string of the molecule is CC1OB(CNC(=O)CNC(=O)c2cc(Cl)ccc2Cl)OC1(C)CC(C)(C)OCCC(C)(C)N. The summed E-state index contributed by atoms with van der Waals surface area (Å²) in [5, 5.41) is 5.88. The molecule has 0 aliphatic carbocycles. The smallest absolute Gasteiger partial charge is 0.405 e. The van der Waals surface area contributed by atoms with Crippen LogP contribution in [0.15, 0.2) is 18.2 Å². The van der Waals surface area contributed by atoms with Crippen LogP contribution in [0.4, 0.5) is 0 Å². The number of amides is 2. The van der Waals surface area contributed by atoms with Gasteiger partial charge in [0.1, 0.15) is 0 Å². The Labute approximate surface area is 212 Å². The molecule has 4 N–H and O–H groups in total. The summed E-state index contributed by atoms with van der Waals surface area (Å²) in [5.74, 6) is -0.870. The van der Waals surface area contributed by atoms with Crippen LogP contribution >= 0.6 is 23.2 Å². The standard InChI is InChI=1S/C23H36BCl2N3O5/c1-15-23(6,13-22(4,5)32-10-9-21(2,3)27)34-24(33-15)14-29-19(30)12-28-20(31)17-11-16(25)7-8-18(17)26/h7-8,11,15H,9-10,12-14,27H2,1-6H3,(H,28,31)(H,29,30). The molecule has 1 heterocycles. The van der Waals surface area contributed by atoms with Gasteiger partial charge in [-0.1, -0.05) is 23.2 Å². The maximum absolute atomic E-state index is 12.3. The maximum atomic E-state index is 12.3. The van der Waals surface area contributed by atoms with Crippen LogP contribution in [0.5, 0.6) is 0 Å². The van der Waals surface area contributed by atoms with E-state index >= 15 is 0 Å². The third-order valence-electron chi connectivity index (χ3n) is 5.68. The summed E-state index contributed by atoms with van der Waals surface area (Å²) >= 11 is 11.9. The number of rotatable bonds is 11. The van der Waals surface area contributed by atoms with Gasteiger partial charge in [0.2, 0.25) is 5.91 Å². The molecule has 11 heteroatoms. The van der Waals surface area contributed by atoms with Gasteiger partial charge in [-0.3, -0.25) is 9.59 Å². The molecule has 2 rings (SSSR count). The van der Waals surface area contributed by atoms with Crippen LogP contribution in [-0.2, 0) is 18.8 Å². The third-order valence-corrected chi connectivity index (χ3v) is 6.25. The lowest BCUT2D eigenvalue weighted by molar-refractivity contribution is -0.119. The molecule has 2 atom stereocenters. The van der Waals surface area contributed by atoms with Crippen LogP contribution in [0.2, 0.25) is 10.0 Å². The Kier molecular flexibility index (Phi) is 9.84. The van der Waals surface area contributed by atoms with Crippen LogP contribution in [0.1, 0.15) is 64.7 Å². The maximum Gasteiger partial charge on any atom is 0.478 e. The lowest BCUT2D eigenvalue weighted by atomic mass is 9.86. The molecule has 0 saturated carbocycles. The molecule has 2 amide bonds. The molecule has 34 heavy (non-hydrogen) atoms. The van der Waals surface area contributed by atoms with E-state index in [0.29, 0.717) is 18.1 Å². The summed E-state index contributed by atoms with van der Waals surface area (Å²) in [6.07, 6.45) is 1.30. The van der Waals surface area contributed by atoms with Crippen molar-refractivity contribution in [2.45, 2.75) is 77.2 Å². The summed E-state index contributed by atoms with van der Waals surface area (Å²) in [6, 6.07) is 4.55. The number of carbonyl (C=O) groups is 2. The average molecular weight is 516 g/mol. The molecular weight excluding hydrogens is 480 g/mol. The molecule has 0 aromatic heterocycles. The molecule has 1 aliphatic rings. The summed E-state index contributed by atoms with van der Waals surface area (Å²) in [5.41, 5.74) is 4.92. The van der Waals surface area contributed by atoms with Crippen molar-refractivity contribution in [2.24, 2.45) is 5.73 Å². The zero-order valence-corrected chi connectivity index (χ0v) is 22.3. The fourth-order valence-electron chi connectivity index (χ4n) is 3.74. The number of hydrogen-bond acceptors (Lipinski definition) is 6. The van der Waals surface area contributed by atoms with Crippen LogP contribution in [0.3, 0.4) is 0 Å². The summed E-state index contributed by atoms with van der Waals surface area (Å²) < 4.78 is 18.2. The van der Waals surface area contributed by atoms with Crippen molar-refractivity contribution in [3.05, 3.63) is 33.8 Å². The molecule has 1 aliphatic heterocycles. The first-order valence-electron chi connectivity index (χ1n) is 11.4. The van der Waals surface area contributed by atoms with E-state index < -0.39 is 24.2 Å². The highest BCUT2D eigenvalue weighted by molar-refractivity contribution is 6.46. The molecule has 1 saturated heterocycles. The van der Waals surface area contributed by atoms with E-state index in [2.05, 4.69) is 10.6 Å². The Bertz CT molecular complexity index is 881. The largest absolute Gasteiger partial charge is 0.478 e. The van der Waals surface area contributed by atoms with Crippen molar-refractivity contribution >= 4 is 42.1 Å². The molecule has 8 nitrogen and oxygen atoms in total. The van der Waals surface area contributed by atoms with Gasteiger partial charge in [0, 0.05) is 23.6 Å². The number of carbonyl (C=O) groups excluding carboxylic acids is 2. The Balaban J connectivity index is 1.80. The number of benzene rings is 1. The highest BCUT2D eigenvalue weighted by Crippen LogP contribution is 2.36. The second-order valence-electron chi connectivity index (χ2n) is 10.3. The van der Waals surface area contributed by atoms with E-state index in [4.69, 9.17) is 43.0 Å². The zero-order valence-electron chi connectivity index (χ0n) is 20.8. The van der Waals surface area contributed by atoms with E-state index in [9.17, 15) is 9.59 Å². The quantitative estimate of drug-likeness (QED) is 0.389.